The third-order valence-corrected chi connectivity index (χ3v) is 4.64. The van der Waals surface area contributed by atoms with Crippen LogP contribution in [0.4, 0.5) is 4.79 Å². The first-order valence-corrected chi connectivity index (χ1v) is 11.6. The molecule has 0 saturated carbocycles. The molecule has 0 fully saturated rings. The van der Waals surface area contributed by atoms with E-state index < -0.39 is 48.2 Å². The number of carbonyl (C=O) groups excluding carboxylic acids is 4. The molecule has 11 nitrogen and oxygen atoms in total. The number of rotatable bonds is 12. The van der Waals surface area contributed by atoms with Crippen molar-refractivity contribution >= 4 is 23.9 Å². The molecule has 1 aromatic carbocycles. The zero-order valence-electron chi connectivity index (χ0n) is 21.0. The molecule has 4 N–H and O–H groups in total. The number of carbonyl (C=O) groups is 4. The van der Waals surface area contributed by atoms with E-state index in [9.17, 15) is 29.4 Å². The predicted molar refractivity (Wildman–Crippen MR) is 127 cm³/mol. The number of phenolic OH excluding ortho intramolecular Hbond substituents is 1. The normalized spacial score (nSPS) is 12.7. The van der Waals surface area contributed by atoms with Gasteiger partial charge in [-0.15, -0.1) is 0 Å². The number of aliphatic hydroxyl groups excluding tert-OH is 1. The Hall–Kier alpha value is -3.34. The lowest BCUT2D eigenvalue weighted by Crippen LogP contribution is -2.54. The number of aliphatic hydroxyl groups is 1. The average molecular weight is 496 g/mol. The Balaban J connectivity index is 3.24. The Morgan fingerprint density at radius 1 is 1.11 bits per heavy atom. The maximum absolute atomic E-state index is 13.4. The van der Waals surface area contributed by atoms with Crippen LogP contribution in [0.15, 0.2) is 24.3 Å². The summed E-state index contributed by atoms with van der Waals surface area (Å²) in [5.74, 6) is -2.09. The summed E-state index contributed by atoms with van der Waals surface area (Å²) in [6.45, 7) is 7.92. The highest BCUT2D eigenvalue weighted by molar-refractivity contribution is 5.92. The van der Waals surface area contributed by atoms with Gasteiger partial charge >= 0.3 is 12.1 Å². The van der Waals surface area contributed by atoms with E-state index in [0.717, 1.165) is 0 Å². The molecule has 1 aromatic rings. The highest BCUT2D eigenvalue weighted by atomic mass is 16.6. The number of para-hydroxylation sites is 1. The number of hydrogen-bond acceptors (Lipinski definition) is 8. The van der Waals surface area contributed by atoms with E-state index in [0.29, 0.717) is 6.42 Å². The number of alkyl carbamates (subject to hydrolysis) is 1. The van der Waals surface area contributed by atoms with Crippen LogP contribution in [0.5, 0.6) is 5.75 Å². The van der Waals surface area contributed by atoms with Crippen molar-refractivity contribution in [3.05, 3.63) is 29.8 Å². The van der Waals surface area contributed by atoms with Gasteiger partial charge in [0.05, 0.1) is 19.6 Å². The minimum Gasteiger partial charge on any atom is -0.508 e. The van der Waals surface area contributed by atoms with Gasteiger partial charge in [0.25, 0.3) is 0 Å². The Labute approximate surface area is 205 Å². The van der Waals surface area contributed by atoms with Gasteiger partial charge in [0.2, 0.25) is 11.8 Å². The van der Waals surface area contributed by atoms with E-state index in [1.165, 1.54) is 17.0 Å². The number of ether oxygens (including phenoxy) is 2. The van der Waals surface area contributed by atoms with E-state index in [4.69, 9.17) is 9.47 Å². The summed E-state index contributed by atoms with van der Waals surface area (Å²) in [7, 11) is 0. The van der Waals surface area contributed by atoms with Gasteiger partial charge in [-0.1, -0.05) is 25.1 Å². The van der Waals surface area contributed by atoms with Crippen LogP contribution in [-0.2, 0) is 23.9 Å². The standard InChI is InChI=1S/C24H37N3O8/c1-6-14-27(22(32)17(15-28)26-23(33)35-24(3,4)5)20(16-10-8-9-11-18(16)29)21(31)25-13-12-19(30)34-7-2/h8-11,17,20,28-29H,6-7,12-15H2,1-5H3,(H,25,31)(H,26,33). The number of amides is 3. The van der Waals surface area contributed by atoms with Gasteiger partial charge in [-0.2, -0.15) is 0 Å². The van der Waals surface area contributed by atoms with Gasteiger partial charge in [-0.25, -0.2) is 4.79 Å². The summed E-state index contributed by atoms with van der Waals surface area (Å²) in [5, 5.41) is 25.2. The third kappa shape index (κ3) is 9.81. The van der Waals surface area contributed by atoms with Crippen LogP contribution in [0.25, 0.3) is 0 Å². The number of benzene rings is 1. The van der Waals surface area contributed by atoms with Gasteiger partial charge in [0.15, 0.2) is 0 Å². The molecule has 0 aliphatic carbocycles. The van der Waals surface area contributed by atoms with E-state index in [1.54, 1.807) is 46.8 Å². The van der Waals surface area contributed by atoms with Gasteiger partial charge in [0, 0.05) is 18.7 Å². The van der Waals surface area contributed by atoms with Gasteiger partial charge in [-0.3, -0.25) is 14.4 Å². The van der Waals surface area contributed by atoms with Gasteiger partial charge in [0.1, 0.15) is 23.4 Å². The summed E-state index contributed by atoms with van der Waals surface area (Å²) >= 11 is 0. The van der Waals surface area contributed by atoms with Crippen LogP contribution in [-0.4, -0.2) is 76.9 Å². The molecule has 0 aliphatic rings. The summed E-state index contributed by atoms with van der Waals surface area (Å²) in [6.07, 6.45) is -0.538. The molecule has 35 heavy (non-hydrogen) atoms. The molecule has 0 heterocycles. The maximum Gasteiger partial charge on any atom is 0.408 e. The summed E-state index contributed by atoms with van der Waals surface area (Å²) in [5.41, 5.74) is -0.676. The molecule has 0 spiro atoms. The lowest BCUT2D eigenvalue weighted by molar-refractivity contribution is -0.144. The first kappa shape index (κ1) is 29.7. The highest BCUT2D eigenvalue weighted by Gasteiger charge is 2.36. The van der Waals surface area contributed by atoms with Gasteiger partial charge in [-0.05, 0) is 40.2 Å². The van der Waals surface area contributed by atoms with E-state index in [-0.39, 0.29) is 37.4 Å². The lowest BCUT2D eigenvalue weighted by Gasteiger charge is -2.34. The number of phenols is 1. The fraction of sp³-hybridized carbons (Fsp3) is 0.583. The number of nitrogens with one attached hydrogen (secondary N) is 2. The molecule has 0 radical (unpaired) electrons. The summed E-state index contributed by atoms with van der Waals surface area (Å²) in [6, 6.07) is 3.37. The zero-order valence-corrected chi connectivity index (χ0v) is 21.0. The fourth-order valence-corrected chi connectivity index (χ4v) is 3.23. The monoisotopic (exact) mass is 495 g/mol. The first-order chi connectivity index (χ1) is 16.4. The van der Waals surface area contributed by atoms with Crippen LogP contribution < -0.4 is 10.6 Å². The number of aromatic hydroxyl groups is 1. The summed E-state index contributed by atoms with van der Waals surface area (Å²) in [4.78, 5) is 51.7. The molecule has 196 valence electrons. The van der Waals surface area contributed by atoms with Crippen LogP contribution in [0, 0.1) is 0 Å². The average Bonchev–Trinajstić information content (AvgIpc) is 2.76. The van der Waals surface area contributed by atoms with Crippen molar-refractivity contribution in [1.82, 2.24) is 15.5 Å². The second kappa shape index (κ2) is 14.1. The second-order valence-electron chi connectivity index (χ2n) is 8.72. The highest BCUT2D eigenvalue weighted by Crippen LogP contribution is 2.29. The number of nitrogens with zero attached hydrogens (tertiary/aromatic N) is 1. The Kier molecular flexibility index (Phi) is 12.0. The lowest BCUT2D eigenvalue weighted by atomic mass is 10.0. The van der Waals surface area contributed by atoms with Crippen molar-refractivity contribution in [2.75, 3.05) is 26.3 Å². The van der Waals surface area contributed by atoms with Gasteiger partial charge < -0.3 is 35.2 Å². The quantitative estimate of drug-likeness (QED) is 0.319. The van der Waals surface area contributed by atoms with Crippen LogP contribution in [0.3, 0.4) is 0 Å². The van der Waals surface area contributed by atoms with Crippen molar-refractivity contribution in [2.24, 2.45) is 0 Å². The molecule has 0 saturated heterocycles. The minimum atomic E-state index is -1.39. The van der Waals surface area contributed by atoms with E-state index >= 15 is 0 Å². The molecule has 3 amide bonds. The van der Waals surface area contributed by atoms with Crippen LogP contribution in [0.2, 0.25) is 0 Å². The minimum absolute atomic E-state index is 0.0461. The largest absolute Gasteiger partial charge is 0.508 e. The third-order valence-electron chi connectivity index (χ3n) is 4.64. The molecule has 11 heteroatoms. The van der Waals surface area contributed by atoms with Crippen molar-refractivity contribution in [1.29, 1.82) is 0 Å². The molecule has 2 atom stereocenters. The number of esters is 1. The smallest absolute Gasteiger partial charge is 0.408 e. The van der Waals surface area contributed by atoms with E-state index in [1.807, 2.05) is 0 Å². The molecular weight excluding hydrogens is 458 g/mol. The van der Waals surface area contributed by atoms with Crippen molar-refractivity contribution < 1.29 is 38.9 Å². The fourth-order valence-electron chi connectivity index (χ4n) is 3.23. The first-order valence-electron chi connectivity index (χ1n) is 11.6. The maximum atomic E-state index is 13.4. The molecule has 0 aromatic heterocycles. The van der Waals surface area contributed by atoms with Crippen LogP contribution in [0.1, 0.15) is 59.1 Å². The molecule has 1 rings (SSSR count). The second-order valence-corrected chi connectivity index (χ2v) is 8.72. The molecule has 2 unspecified atom stereocenters. The Morgan fingerprint density at radius 3 is 2.31 bits per heavy atom. The van der Waals surface area contributed by atoms with Crippen molar-refractivity contribution in [2.45, 2.75) is 65.1 Å². The zero-order chi connectivity index (χ0) is 26.6. The Morgan fingerprint density at radius 2 is 1.77 bits per heavy atom. The Bertz CT molecular complexity index is 869. The topological polar surface area (TPSA) is 154 Å². The molecule has 0 aliphatic heterocycles. The summed E-state index contributed by atoms with van der Waals surface area (Å²) < 4.78 is 10.0. The molecule has 0 bridgehead atoms. The number of hydrogen-bond donors (Lipinski definition) is 4. The van der Waals surface area contributed by atoms with E-state index in [2.05, 4.69) is 10.6 Å². The van der Waals surface area contributed by atoms with Crippen LogP contribution >= 0.6 is 0 Å². The SMILES string of the molecule is CCCN(C(=O)C(CO)NC(=O)OC(C)(C)C)C(C(=O)NCCC(=O)OCC)c1ccccc1O. The van der Waals surface area contributed by atoms with Crippen molar-refractivity contribution in [3.8, 4) is 5.75 Å². The van der Waals surface area contributed by atoms with Crippen molar-refractivity contribution in [3.63, 3.8) is 0 Å². The predicted octanol–water partition coefficient (Wildman–Crippen LogP) is 1.63. The molecular formula is C24H37N3O8.